The number of imidazole rings is 1. The fraction of sp³-hybridized carbons (Fsp3) is 0.500. The number of ether oxygens (including phenoxy) is 1. The van der Waals surface area contributed by atoms with Crippen LogP contribution in [0.5, 0.6) is 5.75 Å². The highest BCUT2D eigenvalue weighted by atomic mass is 16.5. The summed E-state index contributed by atoms with van der Waals surface area (Å²) in [7, 11) is 0. The van der Waals surface area contributed by atoms with E-state index in [-0.39, 0.29) is 11.8 Å². The average Bonchev–Trinajstić information content (AvgIpc) is 3.16. The van der Waals surface area contributed by atoms with Crippen molar-refractivity contribution in [2.75, 3.05) is 19.6 Å². The molecular weight excluding hydrogens is 368 g/mol. The molecule has 154 valence electrons. The van der Waals surface area contributed by atoms with Gasteiger partial charge in [0.25, 0.3) is 0 Å². The van der Waals surface area contributed by atoms with E-state index in [4.69, 9.17) is 4.74 Å². The minimum atomic E-state index is -0.545. The maximum Gasteiger partial charge on any atom is 0.222 e. The van der Waals surface area contributed by atoms with Gasteiger partial charge in [-0.25, -0.2) is 4.98 Å². The third kappa shape index (κ3) is 4.44. The van der Waals surface area contributed by atoms with Gasteiger partial charge in [0.1, 0.15) is 11.4 Å². The van der Waals surface area contributed by atoms with E-state index in [1.54, 1.807) is 19.4 Å². The van der Waals surface area contributed by atoms with Gasteiger partial charge in [0.15, 0.2) is 0 Å². The highest BCUT2D eigenvalue weighted by Crippen LogP contribution is 2.35. The number of benzene rings is 1. The molecule has 3 heterocycles. The maximum absolute atomic E-state index is 12.9. The molecule has 1 spiro atoms. The number of hydrogen-bond acceptors (Lipinski definition) is 4. The van der Waals surface area contributed by atoms with E-state index in [9.17, 15) is 9.59 Å². The molecule has 1 saturated heterocycles. The minimum absolute atomic E-state index is 0.0356. The lowest BCUT2D eigenvalue weighted by molar-refractivity contribution is -0.140. The number of aromatic nitrogens is 2. The van der Waals surface area contributed by atoms with Crippen molar-refractivity contribution in [1.29, 1.82) is 0 Å². The number of likely N-dealkylation sites (tertiary alicyclic amines) is 1. The van der Waals surface area contributed by atoms with Crippen LogP contribution in [0.15, 0.2) is 43.0 Å². The molecule has 0 aliphatic carbocycles. The van der Waals surface area contributed by atoms with E-state index >= 15 is 0 Å². The molecule has 0 N–H and O–H groups in total. The Morgan fingerprint density at radius 3 is 2.83 bits per heavy atom. The number of amides is 2. The second kappa shape index (κ2) is 8.27. The zero-order valence-corrected chi connectivity index (χ0v) is 16.9. The van der Waals surface area contributed by atoms with Crippen LogP contribution in [0, 0.1) is 0 Å². The van der Waals surface area contributed by atoms with Crippen LogP contribution in [0.2, 0.25) is 0 Å². The molecule has 7 nitrogen and oxygen atoms in total. The number of piperidine rings is 1. The molecule has 1 aromatic carbocycles. The number of fused-ring (bicyclic) bond motifs is 1. The van der Waals surface area contributed by atoms with Crippen molar-refractivity contribution in [2.24, 2.45) is 0 Å². The highest BCUT2D eigenvalue weighted by molar-refractivity contribution is 5.76. The lowest BCUT2D eigenvalue weighted by Crippen LogP contribution is -2.58. The van der Waals surface area contributed by atoms with Crippen molar-refractivity contribution >= 4 is 11.8 Å². The molecule has 1 aromatic heterocycles. The van der Waals surface area contributed by atoms with Crippen LogP contribution in [0.4, 0.5) is 0 Å². The Hall–Kier alpha value is -2.83. The first-order valence-electron chi connectivity index (χ1n) is 10.3. The summed E-state index contributed by atoms with van der Waals surface area (Å²) in [4.78, 5) is 32.9. The molecule has 0 radical (unpaired) electrons. The number of para-hydroxylation sites is 1. The van der Waals surface area contributed by atoms with E-state index in [2.05, 4.69) is 4.98 Å². The number of aryl methyl sites for hydroxylation is 1. The lowest BCUT2D eigenvalue weighted by Gasteiger charge is -2.43. The molecule has 0 saturated carbocycles. The molecule has 0 bridgehead atoms. The van der Waals surface area contributed by atoms with Gasteiger partial charge in [-0.15, -0.1) is 0 Å². The predicted molar refractivity (Wildman–Crippen MR) is 108 cm³/mol. The van der Waals surface area contributed by atoms with Crippen LogP contribution in [-0.2, 0) is 22.7 Å². The quantitative estimate of drug-likeness (QED) is 0.796. The van der Waals surface area contributed by atoms with Crippen LogP contribution in [-0.4, -0.2) is 56.4 Å². The largest absolute Gasteiger partial charge is 0.483 e. The second-order valence-electron chi connectivity index (χ2n) is 8.09. The van der Waals surface area contributed by atoms with Gasteiger partial charge in [0.05, 0.1) is 19.4 Å². The summed E-state index contributed by atoms with van der Waals surface area (Å²) in [5.41, 5.74) is 0.472. The average molecular weight is 396 g/mol. The summed E-state index contributed by atoms with van der Waals surface area (Å²) in [6.07, 6.45) is 8.42. The van der Waals surface area contributed by atoms with Gasteiger partial charge >= 0.3 is 0 Å². The van der Waals surface area contributed by atoms with Crippen molar-refractivity contribution < 1.29 is 14.3 Å². The first kappa shape index (κ1) is 19.5. The zero-order valence-electron chi connectivity index (χ0n) is 16.9. The topological polar surface area (TPSA) is 67.7 Å². The monoisotopic (exact) mass is 396 g/mol. The van der Waals surface area contributed by atoms with Gasteiger partial charge in [-0.3, -0.25) is 9.59 Å². The highest BCUT2D eigenvalue weighted by Gasteiger charge is 2.43. The Kier molecular flexibility index (Phi) is 5.56. The molecule has 4 rings (SSSR count). The Balaban J connectivity index is 1.46. The molecule has 2 amide bonds. The fourth-order valence-electron chi connectivity index (χ4n) is 4.34. The molecule has 2 aliphatic heterocycles. The summed E-state index contributed by atoms with van der Waals surface area (Å²) in [5.74, 6) is 1.01. The summed E-state index contributed by atoms with van der Waals surface area (Å²) in [6, 6.07) is 7.89. The first-order chi connectivity index (χ1) is 14.0. The first-order valence-corrected chi connectivity index (χ1v) is 10.3. The Bertz CT molecular complexity index is 867. The summed E-state index contributed by atoms with van der Waals surface area (Å²) >= 11 is 0. The number of carbonyl (C=O) groups excluding carboxylic acids is 2. The van der Waals surface area contributed by atoms with Crippen LogP contribution in [0.3, 0.4) is 0 Å². The van der Waals surface area contributed by atoms with E-state index in [0.717, 1.165) is 43.7 Å². The molecule has 1 atom stereocenters. The number of nitrogens with zero attached hydrogens (tertiary/aromatic N) is 4. The smallest absolute Gasteiger partial charge is 0.222 e. The molecular formula is C22H28N4O3. The van der Waals surface area contributed by atoms with Gasteiger partial charge in [-0.2, -0.15) is 0 Å². The van der Waals surface area contributed by atoms with Crippen molar-refractivity contribution in [3.05, 3.63) is 48.5 Å². The fourth-order valence-corrected chi connectivity index (χ4v) is 4.34. The summed E-state index contributed by atoms with van der Waals surface area (Å²) in [5, 5.41) is 0. The van der Waals surface area contributed by atoms with E-state index < -0.39 is 5.60 Å². The Labute approximate surface area is 171 Å². The summed E-state index contributed by atoms with van der Waals surface area (Å²) in [6.45, 7) is 4.71. The molecule has 29 heavy (non-hydrogen) atoms. The molecule has 2 aliphatic rings. The van der Waals surface area contributed by atoms with Crippen LogP contribution < -0.4 is 4.74 Å². The Morgan fingerprint density at radius 1 is 1.21 bits per heavy atom. The molecule has 1 fully saturated rings. The molecule has 0 unspecified atom stereocenters. The third-order valence-electron chi connectivity index (χ3n) is 5.84. The van der Waals surface area contributed by atoms with Crippen LogP contribution in [0.25, 0.3) is 0 Å². The Morgan fingerprint density at radius 2 is 2.03 bits per heavy atom. The van der Waals surface area contributed by atoms with Gasteiger partial charge in [-0.1, -0.05) is 18.2 Å². The van der Waals surface area contributed by atoms with Gasteiger partial charge in [0.2, 0.25) is 11.8 Å². The lowest BCUT2D eigenvalue weighted by atomic mass is 9.91. The number of hydrogen-bond donors (Lipinski definition) is 0. The van der Waals surface area contributed by atoms with Gasteiger partial charge in [0, 0.05) is 50.9 Å². The van der Waals surface area contributed by atoms with Gasteiger partial charge < -0.3 is 19.1 Å². The minimum Gasteiger partial charge on any atom is -0.483 e. The van der Waals surface area contributed by atoms with Crippen molar-refractivity contribution in [3.63, 3.8) is 0 Å². The predicted octanol–water partition coefficient (Wildman–Crippen LogP) is 2.47. The van der Waals surface area contributed by atoms with Crippen molar-refractivity contribution in [1.82, 2.24) is 19.4 Å². The third-order valence-corrected chi connectivity index (χ3v) is 5.84. The standard InChI is InChI=1S/C22H28N4O3/c1-18(27)26-14-19-6-2-3-7-20(19)29-22(16-26)9-5-12-25(15-22)21(28)8-4-11-24-13-10-23-17-24/h2-3,6-7,10,13,17H,4-5,8-9,11-12,14-16H2,1H3/t22-/m0/s1. The van der Waals surface area contributed by atoms with E-state index in [1.807, 2.05) is 44.8 Å². The van der Waals surface area contributed by atoms with E-state index in [0.29, 0.717) is 26.1 Å². The number of carbonyl (C=O) groups is 2. The summed E-state index contributed by atoms with van der Waals surface area (Å²) < 4.78 is 8.50. The van der Waals surface area contributed by atoms with Crippen molar-refractivity contribution in [2.45, 2.75) is 51.3 Å². The normalized spacial score (nSPS) is 21.4. The van der Waals surface area contributed by atoms with E-state index in [1.165, 1.54) is 0 Å². The SMILES string of the molecule is CC(=O)N1Cc2ccccc2O[C@]2(CCCN(C(=O)CCCn3ccnc3)C2)C1. The maximum atomic E-state index is 12.9. The van der Waals surface area contributed by atoms with Crippen LogP contribution >= 0.6 is 0 Å². The molecule has 2 aromatic rings. The van der Waals surface area contributed by atoms with Crippen LogP contribution in [0.1, 0.15) is 38.2 Å². The number of rotatable bonds is 4. The zero-order chi connectivity index (χ0) is 20.3. The molecule has 7 heteroatoms. The second-order valence-corrected chi connectivity index (χ2v) is 8.09. The van der Waals surface area contributed by atoms with Crippen molar-refractivity contribution in [3.8, 4) is 5.75 Å². The van der Waals surface area contributed by atoms with Gasteiger partial charge in [-0.05, 0) is 25.3 Å².